The molecule has 0 fully saturated rings. The number of carbonyl (C=O) groups is 2. The van der Waals surface area contributed by atoms with E-state index < -0.39 is 5.97 Å². The van der Waals surface area contributed by atoms with Gasteiger partial charge in [-0.3, -0.25) is 4.79 Å². The van der Waals surface area contributed by atoms with Crippen LogP contribution >= 0.6 is 0 Å². The van der Waals surface area contributed by atoms with Crippen LogP contribution in [0.5, 0.6) is 5.75 Å². The van der Waals surface area contributed by atoms with Crippen molar-refractivity contribution in [2.75, 3.05) is 14.2 Å². The first kappa shape index (κ1) is 12.1. The Balaban J connectivity index is 2.67. The summed E-state index contributed by atoms with van der Waals surface area (Å²) in [5.41, 5.74) is 1.01. The fourth-order valence-electron chi connectivity index (χ4n) is 2.00. The van der Waals surface area contributed by atoms with E-state index in [4.69, 9.17) is 9.94 Å². The number of ether oxygens (including phenoxy) is 2. The molecule has 0 heterocycles. The largest absolute Gasteiger partial charge is 0.496 e. The highest BCUT2D eigenvalue weighted by molar-refractivity contribution is 6.49. The molecule has 1 aliphatic carbocycles. The summed E-state index contributed by atoms with van der Waals surface area (Å²) in [6.45, 7) is 0. The zero-order valence-corrected chi connectivity index (χ0v) is 9.89. The van der Waals surface area contributed by atoms with Gasteiger partial charge in [0.1, 0.15) is 17.0 Å². The van der Waals surface area contributed by atoms with Crippen molar-refractivity contribution in [2.24, 2.45) is 5.16 Å². The highest BCUT2D eigenvalue weighted by atomic mass is 16.5. The summed E-state index contributed by atoms with van der Waals surface area (Å²) in [6.07, 6.45) is 0.0896. The average Bonchev–Trinajstić information content (AvgIpc) is 2.73. The van der Waals surface area contributed by atoms with Crippen LogP contribution in [0.1, 0.15) is 26.3 Å². The Bertz CT molecular complexity index is 562. The predicted molar refractivity (Wildman–Crippen MR) is 61.6 cm³/mol. The topological polar surface area (TPSA) is 85.2 Å². The van der Waals surface area contributed by atoms with Crippen molar-refractivity contribution in [3.8, 4) is 5.75 Å². The molecule has 6 heteroatoms. The van der Waals surface area contributed by atoms with Crippen LogP contribution in [0, 0.1) is 0 Å². The summed E-state index contributed by atoms with van der Waals surface area (Å²) in [6, 6.07) is 3.06. The maximum atomic E-state index is 11.8. The number of rotatable bonds is 2. The third kappa shape index (κ3) is 1.62. The molecule has 0 saturated carbocycles. The minimum absolute atomic E-state index is 0.00315. The van der Waals surface area contributed by atoms with Crippen molar-refractivity contribution < 1.29 is 24.3 Å². The van der Waals surface area contributed by atoms with Gasteiger partial charge in [0.2, 0.25) is 5.78 Å². The number of esters is 1. The van der Waals surface area contributed by atoms with E-state index in [-0.39, 0.29) is 23.5 Å². The van der Waals surface area contributed by atoms with Crippen LogP contribution in [0.25, 0.3) is 0 Å². The van der Waals surface area contributed by atoms with Gasteiger partial charge in [0.05, 0.1) is 14.2 Å². The lowest BCUT2D eigenvalue weighted by molar-refractivity contribution is 0.0596. The second-order valence-corrected chi connectivity index (χ2v) is 3.71. The van der Waals surface area contributed by atoms with Crippen molar-refractivity contribution in [3.63, 3.8) is 0 Å². The van der Waals surface area contributed by atoms with Gasteiger partial charge in [-0.05, 0) is 17.7 Å². The summed E-state index contributed by atoms with van der Waals surface area (Å²) in [5, 5.41) is 11.7. The standard InChI is InChI=1S/C12H11NO5/c1-17-9-4-3-6-7(10(9)12(15)18-2)5-8(13-16)11(6)14/h3-4,16H,5H2,1-2H3/b13-8-. The quantitative estimate of drug-likeness (QED) is 0.481. The number of hydrogen-bond acceptors (Lipinski definition) is 6. The minimum atomic E-state index is -0.587. The van der Waals surface area contributed by atoms with E-state index in [1.165, 1.54) is 20.3 Å². The summed E-state index contributed by atoms with van der Waals surface area (Å²) in [5.74, 6) is -0.649. The van der Waals surface area contributed by atoms with Crippen LogP contribution in [-0.4, -0.2) is 36.9 Å². The molecule has 18 heavy (non-hydrogen) atoms. The molecule has 1 aliphatic rings. The number of ketones is 1. The zero-order valence-electron chi connectivity index (χ0n) is 9.89. The normalized spacial score (nSPS) is 15.7. The second-order valence-electron chi connectivity index (χ2n) is 3.71. The number of Topliss-reactive ketones (excluding diaryl/α,β-unsaturated/α-hetero) is 1. The van der Waals surface area contributed by atoms with Gasteiger partial charge in [0.15, 0.2) is 0 Å². The molecular formula is C12H11NO5. The minimum Gasteiger partial charge on any atom is -0.496 e. The Morgan fingerprint density at radius 3 is 2.67 bits per heavy atom. The molecule has 1 N–H and O–H groups in total. The molecule has 0 aromatic heterocycles. The van der Waals surface area contributed by atoms with Gasteiger partial charge in [-0.1, -0.05) is 5.16 Å². The fraction of sp³-hybridized carbons (Fsp3) is 0.250. The Hall–Kier alpha value is -2.37. The lowest BCUT2D eigenvalue weighted by Gasteiger charge is -2.10. The van der Waals surface area contributed by atoms with Crippen molar-refractivity contribution in [1.82, 2.24) is 0 Å². The second kappa shape index (κ2) is 4.48. The third-order valence-electron chi connectivity index (χ3n) is 2.86. The first-order valence-electron chi connectivity index (χ1n) is 5.17. The molecule has 6 nitrogen and oxygen atoms in total. The first-order chi connectivity index (χ1) is 8.63. The molecule has 0 amide bonds. The van der Waals surface area contributed by atoms with E-state index >= 15 is 0 Å². The lowest BCUT2D eigenvalue weighted by atomic mass is 10.0. The summed E-state index contributed by atoms with van der Waals surface area (Å²) in [7, 11) is 2.67. The monoisotopic (exact) mass is 249 g/mol. The van der Waals surface area contributed by atoms with Crippen molar-refractivity contribution in [1.29, 1.82) is 0 Å². The number of nitrogens with zero attached hydrogens (tertiary/aromatic N) is 1. The lowest BCUT2D eigenvalue weighted by Crippen LogP contribution is -2.08. The van der Waals surface area contributed by atoms with Crippen LogP contribution < -0.4 is 4.74 Å². The fourth-order valence-corrected chi connectivity index (χ4v) is 2.00. The van der Waals surface area contributed by atoms with E-state index in [0.717, 1.165) is 0 Å². The Kier molecular flexibility index (Phi) is 3.01. The SMILES string of the molecule is COC(=O)c1c(OC)ccc2c1C/C(=N/O)C2=O. The van der Waals surface area contributed by atoms with E-state index in [2.05, 4.69) is 9.89 Å². The van der Waals surface area contributed by atoms with E-state index in [1.807, 2.05) is 0 Å². The van der Waals surface area contributed by atoms with Gasteiger partial charge in [0, 0.05) is 12.0 Å². The third-order valence-corrected chi connectivity index (χ3v) is 2.86. The number of carbonyl (C=O) groups excluding carboxylic acids is 2. The molecule has 0 radical (unpaired) electrons. The summed E-state index contributed by atoms with van der Waals surface area (Å²) >= 11 is 0. The van der Waals surface area contributed by atoms with Crippen LogP contribution in [-0.2, 0) is 11.2 Å². The Morgan fingerprint density at radius 1 is 1.39 bits per heavy atom. The van der Waals surface area contributed by atoms with Gasteiger partial charge >= 0.3 is 5.97 Å². The number of fused-ring (bicyclic) bond motifs is 1. The van der Waals surface area contributed by atoms with Crippen LogP contribution in [0.15, 0.2) is 17.3 Å². The summed E-state index contributed by atoms with van der Waals surface area (Å²) < 4.78 is 9.76. The first-order valence-corrected chi connectivity index (χ1v) is 5.17. The average molecular weight is 249 g/mol. The van der Waals surface area contributed by atoms with Crippen molar-refractivity contribution in [3.05, 3.63) is 28.8 Å². The Morgan fingerprint density at radius 2 is 2.11 bits per heavy atom. The molecule has 2 rings (SSSR count). The maximum absolute atomic E-state index is 11.8. The molecule has 0 atom stereocenters. The van der Waals surface area contributed by atoms with E-state index in [9.17, 15) is 9.59 Å². The van der Waals surface area contributed by atoms with Crippen molar-refractivity contribution in [2.45, 2.75) is 6.42 Å². The number of oxime groups is 1. The maximum Gasteiger partial charge on any atom is 0.341 e. The molecule has 0 saturated heterocycles. The van der Waals surface area contributed by atoms with Gasteiger partial charge < -0.3 is 14.7 Å². The van der Waals surface area contributed by atoms with Crippen LogP contribution in [0.4, 0.5) is 0 Å². The summed E-state index contributed by atoms with van der Waals surface area (Å²) in [4.78, 5) is 23.5. The predicted octanol–water partition coefficient (Wildman–Crippen LogP) is 1.05. The molecule has 1 aromatic rings. The van der Waals surface area contributed by atoms with Gasteiger partial charge in [-0.15, -0.1) is 0 Å². The van der Waals surface area contributed by atoms with Gasteiger partial charge in [0.25, 0.3) is 0 Å². The Labute approximate surface area is 103 Å². The molecule has 0 bridgehead atoms. The molecule has 94 valence electrons. The molecular weight excluding hydrogens is 238 g/mol. The number of methoxy groups -OCH3 is 2. The van der Waals surface area contributed by atoms with Crippen LogP contribution in [0.2, 0.25) is 0 Å². The number of hydrogen-bond donors (Lipinski definition) is 1. The smallest absolute Gasteiger partial charge is 0.341 e. The highest BCUT2D eigenvalue weighted by Crippen LogP contribution is 2.31. The molecule has 1 aromatic carbocycles. The van der Waals surface area contributed by atoms with Gasteiger partial charge in [-0.2, -0.15) is 0 Å². The van der Waals surface area contributed by atoms with Gasteiger partial charge in [-0.25, -0.2) is 4.79 Å². The molecule has 0 aliphatic heterocycles. The molecule has 0 unspecified atom stereocenters. The molecule has 0 spiro atoms. The van der Waals surface area contributed by atoms with E-state index in [1.54, 1.807) is 6.07 Å². The number of benzene rings is 1. The zero-order chi connectivity index (χ0) is 13.3. The van der Waals surface area contributed by atoms with E-state index in [0.29, 0.717) is 16.9 Å². The van der Waals surface area contributed by atoms with Crippen molar-refractivity contribution >= 4 is 17.5 Å². The highest BCUT2D eigenvalue weighted by Gasteiger charge is 2.33. The van der Waals surface area contributed by atoms with Crippen LogP contribution in [0.3, 0.4) is 0 Å².